The smallest absolute Gasteiger partial charge is 0.229 e. The molecule has 0 fully saturated rings. The van der Waals surface area contributed by atoms with E-state index in [1.807, 2.05) is 0 Å². The zero-order valence-electron chi connectivity index (χ0n) is 10.1. The number of rotatable bonds is 8. The first-order chi connectivity index (χ1) is 8.30. The maximum Gasteiger partial charge on any atom is 0.229 e. The second kappa shape index (κ2) is 7.64. The van der Waals surface area contributed by atoms with Crippen LogP contribution in [0.3, 0.4) is 0 Å². The van der Waals surface area contributed by atoms with Gasteiger partial charge in [0.15, 0.2) is 0 Å². The topological polar surface area (TPSA) is 91.5 Å². The predicted molar refractivity (Wildman–Crippen MR) is 63.5 cm³/mol. The van der Waals surface area contributed by atoms with Crippen LogP contribution in [-0.4, -0.2) is 50.5 Å². The molecule has 1 heterocycles. The first kappa shape index (κ1) is 13.5. The predicted octanol–water partition coefficient (Wildman–Crippen LogP) is -0.119. The Balaban J connectivity index is 2.46. The summed E-state index contributed by atoms with van der Waals surface area (Å²) < 4.78 is 15.3. The summed E-state index contributed by atoms with van der Waals surface area (Å²) in [6.07, 6.45) is 0. The van der Waals surface area contributed by atoms with E-state index in [9.17, 15) is 0 Å². The van der Waals surface area contributed by atoms with E-state index >= 15 is 0 Å². The molecule has 0 aromatic carbocycles. The van der Waals surface area contributed by atoms with Crippen molar-refractivity contribution in [2.45, 2.75) is 0 Å². The monoisotopic (exact) mass is 242 g/mol. The van der Waals surface area contributed by atoms with Gasteiger partial charge in [0.2, 0.25) is 17.7 Å². The number of nitrogens with one attached hydrogen (secondary N) is 1. The van der Waals surface area contributed by atoms with E-state index in [4.69, 9.17) is 19.9 Å². The van der Waals surface area contributed by atoms with Gasteiger partial charge in [-0.05, 0) is 0 Å². The van der Waals surface area contributed by atoms with Crippen molar-refractivity contribution in [3.8, 4) is 11.8 Å². The number of aromatic nitrogens is 2. The van der Waals surface area contributed by atoms with Crippen LogP contribution in [0, 0.1) is 0 Å². The summed E-state index contributed by atoms with van der Waals surface area (Å²) in [6, 6.07) is 1.61. The van der Waals surface area contributed by atoms with Crippen molar-refractivity contribution in [3.05, 3.63) is 6.07 Å². The molecule has 0 atom stereocenters. The van der Waals surface area contributed by atoms with Gasteiger partial charge in [0.25, 0.3) is 0 Å². The molecule has 3 N–H and O–H groups in total. The van der Waals surface area contributed by atoms with Gasteiger partial charge in [-0.2, -0.15) is 9.97 Å². The molecule has 17 heavy (non-hydrogen) atoms. The molecule has 1 aromatic rings. The summed E-state index contributed by atoms with van der Waals surface area (Å²) in [6.45, 7) is 2.20. The zero-order chi connectivity index (χ0) is 12.5. The van der Waals surface area contributed by atoms with Gasteiger partial charge in [0.05, 0.1) is 33.5 Å². The summed E-state index contributed by atoms with van der Waals surface area (Å²) in [5.41, 5.74) is 5.29. The Morgan fingerprint density at radius 3 is 2.35 bits per heavy atom. The van der Waals surface area contributed by atoms with E-state index in [2.05, 4.69) is 15.3 Å². The molecule has 7 heteroatoms. The van der Waals surface area contributed by atoms with Gasteiger partial charge in [0.1, 0.15) is 0 Å². The molecule has 0 amide bonds. The van der Waals surface area contributed by atoms with Crippen LogP contribution in [0.5, 0.6) is 11.8 Å². The summed E-state index contributed by atoms with van der Waals surface area (Å²) in [5, 5.41) is 3.00. The highest BCUT2D eigenvalue weighted by molar-refractivity contribution is 5.33. The zero-order valence-corrected chi connectivity index (χ0v) is 10.1. The highest BCUT2D eigenvalue weighted by atomic mass is 16.5. The molecule has 1 aromatic heterocycles. The quantitative estimate of drug-likeness (QED) is 0.614. The molecule has 96 valence electrons. The molecule has 7 nitrogen and oxygen atoms in total. The summed E-state index contributed by atoms with van der Waals surface area (Å²) in [7, 11) is 3.08. The van der Waals surface area contributed by atoms with Crippen LogP contribution in [0.4, 0.5) is 5.95 Å². The summed E-state index contributed by atoms with van der Waals surface area (Å²) in [4.78, 5) is 8.23. The first-order valence-electron chi connectivity index (χ1n) is 5.29. The van der Waals surface area contributed by atoms with Gasteiger partial charge in [-0.1, -0.05) is 0 Å². The lowest BCUT2D eigenvalue weighted by Crippen LogP contribution is -2.15. The molecule has 0 aliphatic heterocycles. The average molecular weight is 242 g/mol. The van der Waals surface area contributed by atoms with Gasteiger partial charge >= 0.3 is 0 Å². The molecule has 0 bridgehead atoms. The average Bonchev–Trinajstić information content (AvgIpc) is 2.38. The van der Waals surface area contributed by atoms with Gasteiger partial charge in [0, 0.05) is 13.1 Å². The van der Waals surface area contributed by atoms with E-state index in [1.165, 1.54) is 14.2 Å². The molecule has 0 aliphatic carbocycles. The van der Waals surface area contributed by atoms with E-state index in [0.29, 0.717) is 44.0 Å². The molecular weight excluding hydrogens is 224 g/mol. The van der Waals surface area contributed by atoms with E-state index in [-0.39, 0.29) is 0 Å². The summed E-state index contributed by atoms with van der Waals surface area (Å²) in [5.74, 6) is 1.34. The number of nitrogens with zero attached hydrogens (tertiary/aromatic N) is 2. The second-order valence-corrected chi connectivity index (χ2v) is 3.10. The summed E-state index contributed by atoms with van der Waals surface area (Å²) >= 11 is 0. The SMILES string of the molecule is COc1cc(OC)nc(NCCOCCN)n1. The molecular formula is C10H18N4O3. The number of methoxy groups -OCH3 is 2. The third-order valence-corrected chi connectivity index (χ3v) is 1.89. The van der Waals surface area contributed by atoms with Gasteiger partial charge < -0.3 is 25.3 Å². The van der Waals surface area contributed by atoms with Crippen molar-refractivity contribution in [1.29, 1.82) is 0 Å². The van der Waals surface area contributed by atoms with E-state index < -0.39 is 0 Å². The maximum atomic E-state index is 5.29. The highest BCUT2D eigenvalue weighted by Crippen LogP contribution is 2.16. The molecule has 1 rings (SSSR count). The Morgan fingerprint density at radius 1 is 1.18 bits per heavy atom. The third-order valence-electron chi connectivity index (χ3n) is 1.89. The van der Waals surface area contributed by atoms with Crippen LogP contribution < -0.4 is 20.5 Å². The molecule has 0 spiro atoms. The van der Waals surface area contributed by atoms with Gasteiger partial charge in [-0.25, -0.2) is 0 Å². The third kappa shape index (κ3) is 4.83. The minimum Gasteiger partial charge on any atom is -0.481 e. The fourth-order valence-corrected chi connectivity index (χ4v) is 1.11. The van der Waals surface area contributed by atoms with Crippen molar-refractivity contribution in [2.75, 3.05) is 45.8 Å². The van der Waals surface area contributed by atoms with Crippen LogP contribution >= 0.6 is 0 Å². The Bertz CT molecular complexity index is 313. The number of hydrogen-bond acceptors (Lipinski definition) is 7. The van der Waals surface area contributed by atoms with Crippen LogP contribution in [0.1, 0.15) is 0 Å². The standard InChI is InChI=1S/C10H18N4O3/c1-15-8-7-9(16-2)14-10(13-8)12-4-6-17-5-3-11/h7H,3-6,11H2,1-2H3,(H,12,13,14). The van der Waals surface area contributed by atoms with Crippen molar-refractivity contribution < 1.29 is 14.2 Å². The Morgan fingerprint density at radius 2 is 1.82 bits per heavy atom. The molecule has 0 radical (unpaired) electrons. The lowest BCUT2D eigenvalue weighted by molar-refractivity contribution is 0.151. The van der Waals surface area contributed by atoms with Crippen molar-refractivity contribution in [1.82, 2.24) is 9.97 Å². The highest BCUT2D eigenvalue weighted by Gasteiger charge is 2.04. The van der Waals surface area contributed by atoms with Crippen LogP contribution in [0.25, 0.3) is 0 Å². The lowest BCUT2D eigenvalue weighted by atomic mass is 10.6. The molecule has 0 saturated heterocycles. The Hall–Kier alpha value is -1.60. The second-order valence-electron chi connectivity index (χ2n) is 3.10. The minimum absolute atomic E-state index is 0.442. The van der Waals surface area contributed by atoms with Gasteiger partial charge in [-0.3, -0.25) is 0 Å². The van der Waals surface area contributed by atoms with Crippen LogP contribution in [0.2, 0.25) is 0 Å². The van der Waals surface area contributed by atoms with Crippen molar-refractivity contribution in [3.63, 3.8) is 0 Å². The van der Waals surface area contributed by atoms with Gasteiger partial charge in [-0.15, -0.1) is 0 Å². The Kier molecular flexibility index (Phi) is 6.05. The van der Waals surface area contributed by atoms with Crippen molar-refractivity contribution >= 4 is 5.95 Å². The maximum absolute atomic E-state index is 5.29. The van der Waals surface area contributed by atoms with Crippen LogP contribution in [0.15, 0.2) is 6.07 Å². The number of anilines is 1. The largest absolute Gasteiger partial charge is 0.481 e. The lowest BCUT2D eigenvalue weighted by Gasteiger charge is -2.08. The minimum atomic E-state index is 0.442. The van der Waals surface area contributed by atoms with E-state index in [1.54, 1.807) is 6.07 Å². The van der Waals surface area contributed by atoms with E-state index in [0.717, 1.165) is 0 Å². The fourth-order valence-electron chi connectivity index (χ4n) is 1.11. The number of ether oxygens (including phenoxy) is 3. The van der Waals surface area contributed by atoms with Crippen molar-refractivity contribution in [2.24, 2.45) is 5.73 Å². The molecule has 0 aliphatic rings. The number of nitrogens with two attached hydrogens (primary N) is 1. The molecule has 0 saturated carbocycles. The first-order valence-corrected chi connectivity index (χ1v) is 5.29. The molecule has 0 unspecified atom stereocenters. The number of hydrogen-bond donors (Lipinski definition) is 2. The normalized spacial score (nSPS) is 10.1. The Labute approximate surface area is 100 Å². The van der Waals surface area contributed by atoms with Crippen LogP contribution in [-0.2, 0) is 4.74 Å². The fraction of sp³-hybridized carbons (Fsp3) is 0.600.